The Balaban J connectivity index is 2.53. The molecule has 0 aliphatic rings. The van der Waals surface area contributed by atoms with E-state index in [4.69, 9.17) is 0 Å². The second kappa shape index (κ2) is 6.96. The fourth-order valence-corrected chi connectivity index (χ4v) is 1.52. The van der Waals surface area contributed by atoms with Gasteiger partial charge < -0.3 is 15.4 Å². The van der Waals surface area contributed by atoms with Crippen molar-refractivity contribution < 1.29 is 27.5 Å². The van der Waals surface area contributed by atoms with E-state index in [9.17, 15) is 22.8 Å². The molecule has 2 amide bonds. The molecule has 0 heterocycles. The summed E-state index contributed by atoms with van der Waals surface area (Å²) in [6.45, 7) is 1.60. The first-order valence-electron chi connectivity index (χ1n) is 6.04. The molecular formula is C13H15F3N2O3. The van der Waals surface area contributed by atoms with Gasteiger partial charge in [0.1, 0.15) is 0 Å². The molecule has 116 valence electrons. The van der Waals surface area contributed by atoms with Crippen LogP contribution in [0.5, 0.6) is 0 Å². The molecule has 1 rings (SSSR count). The standard InChI is InChI=1S/C13H15F3N2O3/c1-8(7-11(19)21-2)17-12(20)18-10-5-3-9(4-6-10)13(14,15)16/h3-6,8H,7H2,1-2H3,(H2,17,18,20)/t8-/m0/s1. The van der Waals surface area contributed by atoms with E-state index in [0.29, 0.717) is 0 Å². The van der Waals surface area contributed by atoms with Crippen molar-refractivity contribution in [1.29, 1.82) is 0 Å². The molecule has 1 atom stereocenters. The molecule has 0 unspecified atom stereocenters. The Labute approximate surface area is 119 Å². The monoisotopic (exact) mass is 304 g/mol. The molecule has 0 spiro atoms. The van der Waals surface area contributed by atoms with E-state index in [1.807, 2.05) is 0 Å². The zero-order chi connectivity index (χ0) is 16.0. The quantitative estimate of drug-likeness (QED) is 0.841. The van der Waals surface area contributed by atoms with Gasteiger partial charge in [-0.2, -0.15) is 13.2 Å². The van der Waals surface area contributed by atoms with Crippen molar-refractivity contribution in [2.45, 2.75) is 25.6 Å². The van der Waals surface area contributed by atoms with Crippen LogP contribution in [0.15, 0.2) is 24.3 Å². The van der Waals surface area contributed by atoms with Crippen molar-refractivity contribution in [1.82, 2.24) is 5.32 Å². The summed E-state index contributed by atoms with van der Waals surface area (Å²) in [4.78, 5) is 22.6. The maximum absolute atomic E-state index is 12.4. The number of urea groups is 1. The molecule has 0 radical (unpaired) electrons. The lowest BCUT2D eigenvalue weighted by molar-refractivity contribution is -0.141. The number of benzene rings is 1. The number of anilines is 1. The molecule has 0 bridgehead atoms. The number of carbonyl (C=O) groups is 2. The van der Waals surface area contributed by atoms with Crippen LogP contribution in [-0.2, 0) is 15.7 Å². The van der Waals surface area contributed by atoms with Gasteiger partial charge in [-0.05, 0) is 31.2 Å². The van der Waals surface area contributed by atoms with Gasteiger partial charge in [0, 0.05) is 11.7 Å². The lowest BCUT2D eigenvalue weighted by Gasteiger charge is -2.14. The van der Waals surface area contributed by atoms with Crippen LogP contribution in [0.4, 0.5) is 23.7 Å². The van der Waals surface area contributed by atoms with Crippen LogP contribution in [0.25, 0.3) is 0 Å². The van der Waals surface area contributed by atoms with Crippen molar-refractivity contribution in [3.05, 3.63) is 29.8 Å². The van der Waals surface area contributed by atoms with Gasteiger partial charge in [-0.1, -0.05) is 0 Å². The smallest absolute Gasteiger partial charge is 0.416 e. The third kappa shape index (κ3) is 5.72. The van der Waals surface area contributed by atoms with Crippen molar-refractivity contribution >= 4 is 17.7 Å². The highest BCUT2D eigenvalue weighted by atomic mass is 19.4. The summed E-state index contributed by atoms with van der Waals surface area (Å²) >= 11 is 0. The third-order valence-corrected chi connectivity index (χ3v) is 2.55. The molecule has 0 fully saturated rings. The number of carbonyl (C=O) groups excluding carboxylic acids is 2. The van der Waals surface area contributed by atoms with Gasteiger partial charge in [-0.3, -0.25) is 4.79 Å². The molecule has 0 saturated carbocycles. The summed E-state index contributed by atoms with van der Waals surface area (Å²) in [6.07, 6.45) is -4.42. The van der Waals surface area contributed by atoms with Crippen LogP contribution in [0.3, 0.4) is 0 Å². The number of hydrogen-bond donors (Lipinski definition) is 2. The summed E-state index contributed by atoms with van der Waals surface area (Å²) < 4.78 is 41.5. The summed E-state index contributed by atoms with van der Waals surface area (Å²) in [5, 5.41) is 4.84. The Morgan fingerprint density at radius 3 is 2.29 bits per heavy atom. The Bertz CT molecular complexity index is 500. The van der Waals surface area contributed by atoms with Crippen molar-refractivity contribution in [3.63, 3.8) is 0 Å². The number of nitrogens with one attached hydrogen (secondary N) is 2. The SMILES string of the molecule is COC(=O)C[C@H](C)NC(=O)Nc1ccc(C(F)(F)F)cc1. The predicted octanol–water partition coefficient (Wildman–Crippen LogP) is 2.78. The summed E-state index contributed by atoms with van der Waals surface area (Å²) in [5.41, 5.74) is -0.585. The molecular weight excluding hydrogens is 289 g/mol. The summed E-state index contributed by atoms with van der Waals surface area (Å²) in [6, 6.07) is 2.94. The molecule has 1 aromatic rings. The second-order valence-corrected chi connectivity index (χ2v) is 4.35. The first-order valence-corrected chi connectivity index (χ1v) is 6.04. The van der Waals surface area contributed by atoms with Crippen molar-refractivity contribution in [2.24, 2.45) is 0 Å². The van der Waals surface area contributed by atoms with Crippen LogP contribution >= 0.6 is 0 Å². The van der Waals surface area contributed by atoms with Gasteiger partial charge in [0.2, 0.25) is 0 Å². The van der Waals surface area contributed by atoms with Gasteiger partial charge in [-0.15, -0.1) is 0 Å². The molecule has 21 heavy (non-hydrogen) atoms. The number of alkyl halides is 3. The van der Waals surface area contributed by atoms with Crippen molar-refractivity contribution in [2.75, 3.05) is 12.4 Å². The summed E-state index contributed by atoms with van der Waals surface area (Å²) in [7, 11) is 1.23. The second-order valence-electron chi connectivity index (χ2n) is 4.35. The first kappa shape index (κ1) is 16.8. The molecule has 8 heteroatoms. The maximum atomic E-state index is 12.4. The lowest BCUT2D eigenvalue weighted by Crippen LogP contribution is -2.37. The number of ether oxygens (including phenoxy) is 1. The zero-order valence-electron chi connectivity index (χ0n) is 11.5. The highest BCUT2D eigenvalue weighted by Gasteiger charge is 2.29. The molecule has 0 aromatic heterocycles. The largest absolute Gasteiger partial charge is 0.469 e. The maximum Gasteiger partial charge on any atom is 0.416 e. The van der Waals surface area contributed by atoms with Crippen LogP contribution in [0.1, 0.15) is 18.9 Å². The van der Waals surface area contributed by atoms with Gasteiger partial charge >= 0.3 is 18.2 Å². The molecule has 2 N–H and O–H groups in total. The average Bonchev–Trinajstić information content (AvgIpc) is 2.37. The minimum absolute atomic E-state index is 0.00304. The lowest BCUT2D eigenvalue weighted by atomic mass is 10.2. The van der Waals surface area contributed by atoms with Gasteiger partial charge in [0.05, 0.1) is 19.1 Å². The number of amides is 2. The number of halogens is 3. The van der Waals surface area contributed by atoms with E-state index < -0.39 is 29.8 Å². The fraction of sp³-hybridized carbons (Fsp3) is 0.385. The highest BCUT2D eigenvalue weighted by Crippen LogP contribution is 2.29. The van der Waals surface area contributed by atoms with Crippen LogP contribution in [-0.4, -0.2) is 25.2 Å². The summed E-state index contributed by atoms with van der Waals surface area (Å²) in [5.74, 6) is -0.475. The van der Waals surface area contributed by atoms with Crippen LogP contribution in [0, 0.1) is 0 Å². The van der Waals surface area contributed by atoms with Gasteiger partial charge in [-0.25, -0.2) is 4.79 Å². The normalized spacial score (nSPS) is 12.4. The van der Waals surface area contributed by atoms with E-state index in [1.54, 1.807) is 6.92 Å². The van der Waals surface area contributed by atoms with E-state index in [2.05, 4.69) is 15.4 Å². The average molecular weight is 304 g/mol. The Hall–Kier alpha value is -2.25. The highest BCUT2D eigenvalue weighted by molar-refractivity contribution is 5.89. The minimum atomic E-state index is -4.42. The van der Waals surface area contributed by atoms with Crippen LogP contribution in [0.2, 0.25) is 0 Å². The van der Waals surface area contributed by atoms with E-state index >= 15 is 0 Å². The molecule has 1 aromatic carbocycles. The van der Waals surface area contributed by atoms with E-state index in [0.717, 1.165) is 24.3 Å². The number of methoxy groups -OCH3 is 1. The zero-order valence-corrected chi connectivity index (χ0v) is 11.5. The molecule has 5 nitrogen and oxygen atoms in total. The number of rotatable bonds is 4. The third-order valence-electron chi connectivity index (χ3n) is 2.55. The Morgan fingerprint density at radius 2 is 1.81 bits per heavy atom. The molecule has 0 aliphatic carbocycles. The minimum Gasteiger partial charge on any atom is -0.469 e. The van der Waals surface area contributed by atoms with Gasteiger partial charge in [0.25, 0.3) is 0 Å². The van der Waals surface area contributed by atoms with Gasteiger partial charge in [0.15, 0.2) is 0 Å². The fourth-order valence-electron chi connectivity index (χ4n) is 1.52. The first-order chi connectivity index (χ1) is 9.72. The Kier molecular flexibility index (Phi) is 5.57. The molecule has 0 saturated heterocycles. The number of hydrogen-bond acceptors (Lipinski definition) is 3. The topological polar surface area (TPSA) is 67.4 Å². The molecule has 0 aliphatic heterocycles. The van der Waals surface area contributed by atoms with E-state index in [1.165, 1.54) is 7.11 Å². The van der Waals surface area contributed by atoms with E-state index in [-0.39, 0.29) is 12.1 Å². The predicted molar refractivity (Wildman–Crippen MR) is 69.7 cm³/mol. The van der Waals surface area contributed by atoms with Crippen molar-refractivity contribution in [3.8, 4) is 0 Å². The Morgan fingerprint density at radius 1 is 1.24 bits per heavy atom. The number of esters is 1. The van der Waals surface area contributed by atoms with Crippen LogP contribution < -0.4 is 10.6 Å².